The molecular formula is C26H33N3O2. The van der Waals surface area contributed by atoms with Gasteiger partial charge in [0.15, 0.2) is 0 Å². The van der Waals surface area contributed by atoms with Crippen LogP contribution in [0.1, 0.15) is 56.9 Å². The summed E-state index contributed by atoms with van der Waals surface area (Å²) in [5, 5.41) is 0. The van der Waals surface area contributed by atoms with E-state index in [1.165, 1.54) is 17.6 Å². The van der Waals surface area contributed by atoms with Crippen molar-refractivity contribution in [2.75, 3.05) is 13.1 Å². The molecule has 0 atom stereocenters. The SMILES string of the molecule is NC(/C=C\C/C=C/C(=O)N1CCC=C(c2ccccc2)CC1)=NC(=O)C1CCCCC1. The van der Waals surface area contributed by atoms with Gasteiger partial charge in [-0.05, 0) is 55.4 Å². The molecule has 1 aliphatic heterocycles. The minimum atomic E-state index is -0.0998. The molecule has 0 aromatic heterocycles. The molecule has 0 saturated heterocycles. The van der Waals surface area contributed by atoms with Gasteiger partial charge in [0.05, 0.1) is 0 Å². The fourth-order valence-corrected chi connectivity index (χ4v) is 4.15. The van der Waals surface area contributed by atoms with Crippen molar-refractivity contribution in [3.05, 3.63) is 66.3 Å². The van der Waals surface area contributed by atoms with Gasteiger partial charge in [-0.15, -0.1) is 0 Å². The second kappa shape index (κ2) is 12.0. The summed E-state index contributed by atoms with van der Waals surface area (Å²) in [5.74, 6) is 0.202. The van der Waals surface area contributed by atoms with E-state index in [9.17, 15) is 9.59 Å². The number of nitrogens with two attached hydrogens (primary N) is 1. The van der Waals surface area contributed by atoms with Crippen molar-refractivity contribution in [3.63, 3.8) is 0 Å². The number of nitrogens with zero attached hydrogens (tertiary/aromatic N) is 2. The highest BCUT2D eigenvalue weighted by Gasteiger charge is 2.20. The van der Waals surface area contributed by atoms with E-state index >= 15 is 0 Å². The van der Waals surface area contributed by atoms with E-state index in [-0.39, 0.29) is 23.6 Å². The first-order valence-corrected chi connectivity index (χ1v) is 11.4. The van der Waals surface area contributed by atoms with E-state index in [4.69, 9.17) is 5.73 Å². The van der Waals surface area contributed by atoms with Crippen LogP contribution in [0.25, 0.3) is 5.57 Å². The quantitative estimate of drug-likeness (QED) is 0.414. The van der Waals surface area contributed by atoms with Crippen molar-refractivity contribution < 1.29 is 9.59 Å². The second-order valence-electron chi connectivity index (χ2n) is 8.21. The van der Waals surface area contributed by atoms with Crippen LogP contribution in [0.2, 0.25) is 0 Å². The molecular weight excluding hydrogens is 386 g/mol. The maximum Gasteiger partial charge on any atom is 0.250 e. The number of rotatable bonds is 6. The van der Waals surface area contributed by atoms with Crippen LogP contribution in [0.4, 0.5) is 0 Å². The van der Waals surface area contributed by atoms with Gasteiger partial charge in [0.25, 0.3) is 5.91 Å². The molecule has 1 aliphatic carbocycles. The van der Waals surface area contributed by atoms with E-state index in [0.717, 1.165) is 51.6 Å². The summed E-state index contributed by atoms with van der Waals surface area (Å²) in [6.45, 7) is 1.46. The molecule has 2 aliphatic rings. The van der Waals surface area contributed by atoms with Gasteiger partial charge in [-0.2, -0.15) is 4.99 Å². The predicted octanol–water partition coefficient (Wildman–Crippen LogP) is 4.66. The lowest BCUT2D eigenvalue weighted by molar-refractivity contribution is -0.126. The molecule has 31 heavy (non-hydrogen) atoms. The third kappa shape index (κ3) is 7.35. The number of carbonyl (C=O) groups excluding carboxylic acids is 2. The Kier molecular flexibility index (Phi) is 8.83. The van der Waals surface area contributed by atoms with Crippen LogP contribution < -0.4 is 5.73 Å². The largest absolute Gasteiger partial charge is 0.384 e. The number of amidine groups is 1. The van der Waals surface area contributed by atoms with Gasteiger partial charge in [-0.3, -0.25) is 9.59 Å². The van der Waals surface area contributed by atoms with E-state index in [2.05, 4.69) is 23.2 Å². The zero-order chi connectivity index (χ0) is 21.9. The lowest BCUT2D eigenvalue weighted by Gasteiger charge is -2.18. The first-order chi connectivity index (χ1) is 15.1. The molecule has 1 heterocycles. The predicted molar refractivity (Wildman–Crippen MR) is 126 cm³/mol. The molecule has 0 bridgehead atoms. The van der Waals surface area contributed by atoms with Crippen LogP contribution in [-0.4, -0.2) is 35.6 Å². The van der Waals surface area contributed by atoms with Gasteiger partial charge in [-0.1, -0.05) is 67.8 Å². The standard InChI is InChI=1S/C26H33N3O2/c27-24(28-26(31)23-13-6-2-7-14-23)16-8-3-9-17-25(30)29-19-10-15-22(18-20-29)21-11-4-1-5-12-21/h1,4-5,8-9,11-12,15-17,23H,2-3,6-7,10,13-14,18-20H2,(H2,27,28,31)/b16-8-,17-9+. The van der Waals surface area contributed by atoms with E-state index in [1.807, 2.05) is 35.3 Å². The molecule has 0 unspecified atom stereocenters. The molecule has 0 radical (unpaired) electrons. The minimum Gasteiger partial charge on any atom is -0.384 e. The summed E-state index contributed by atoms with van der Waals surface area (Å²) >= 11 is 0. The number of hydrogen-bond acceptors (Lipinski definition) is 2. The molecule has 5 heteroatoms. The van der Waals surface area contributed by atoms with E-state index < -0.39 is 0 Å². The fraction of sp³-hybridized carbons (Fsp3) is 0.423. The zero-order valence-electron chi connectivity index (χ0n) is 18.2. The first kappa shape index (κ1) is 22.7. The Morgan fingerprint density at radius 2 is 1.77 bits per heavy atom. The summed E-state index contributed by atoms with van der Waals surface area (Å²) in [7, 11) is 0. The van der Waals surface area contributed by atoms with Crippen LogP contribution in [0.5, 0.6) is 0 Å². The van der Waals surface area contributed by atoms with E-state index in [0.29, 0.717) is 6.42 Å². The number of hydrogen-bond donors (Lipinski definition) is 1. The number of amides is 2. The van der Waals surface area contributed by atoms with Crippen molar-refractivity contribution in [2.24, 2.45) is 16.6 Å². The molecule has 2 amide bonds. The highest BCUT2D eigenvalue weighted by Crippen LogP contribution is 2.24. The molecule has 1 aromatic rings. The summed E-state index contributed by atoms with van der Waals surface area (Å²) in [4.78, 5) is 30.6. The molecule has 1 saturated carbocycles. The van der Waals surface area contributed by atoms with Crippen LogP contribution in [-0.2, 0) is 9.59 Å². The third-order valence-electron chi connectivity index (χ3n) is 5.91. The van der Waals surface area contributed by atoms with Crippen molar-refractivity contribution in [2.45, 2.75) is 51.4 Å². The van der Waals surface area contributed by atoms with Crippen LogP contribution in [0, 0.1) is 5.92 Å². The lowest BCUT2D eigenvalue weighted by Crippen LogP contribution is -2.30. The third-order valence-corrected chi connectivity index (χ3v) is 5.91. The van der Waals surface area contributed by atoms with Gasteiger partial charge < -0.3 is 10.6 Å². The van der Waals surface area contributed by atoms with Gasteiger partial charge in [0.2, 0.25) is 5.91 Å². The Labute approximate surface area is 185 Å². The second-order valence-corrected chi connectivity index (χ2v) is 8.21. The first-order valence-electron chi connectivity index (χ1n) is 11.4. The number of benzene rings is 1. The highest BCUT2D eigenvalue weighted by atomic mass is 16.2. The average Bonchev–Trinajstić information content (AvgIpc) is 3.06. The highest BCUT2D eigenvalue weighted by molar-refractivity contribution is 6.00. The average molecular weight is 420 g/mol. The summed E-state index contributed by atoms with van der Waals surface area (Å²) in [6, 6.07) is 10.3. The van der Waals surface area contributed by atoms with Gasteiger partial charge >= 0.3 is 0 Å². The monoisotopic (exact) mass is 419 g/mol. The number of allylic oxidation sites excluding steroid dienone is 2. The Morgan fingerprint density at radius 3 is 2.55 bits per heavy atom. The normalized spacial score (nSPS) is 18.9. The minimum absolute atomic E-state index is 0.0312. The van der Waals surface area contributed by atoms with Gasteiger partial charge in [0, 0.05) is 19.0 Å². The topological polar surface area (TPSA) is 75.8 Å². The summed E-state index contributed by atoms with van der Waals surface area (Å²) < 4.78 is 0. The molecule has 2 N–H and O–H groups in total. The van der Waals surface area contributed by atoms with E-state index in [1.54, 1.807) is 12.2 Å². The molecule has 1 aromatic carbocycles. The smallest absolute Gasteiger partial charge is 0.250 e. The Balaban J connectivity index is 1.42. The van der Waals surface area contributed by atoms with Crippen LogP contribution in [0.3, 0.4) is 0 Å². The molecule has 0 spiro atoms. The van der Waals surface area contributed by atoms with Crippen molar-refractivity contribution in [1.29, 1.82) is 0 Å². The van der Waals surface area contributed by atoms with Crippen molar-refractivity contribution in [1.82, 2.24) is 4.90 Å². The Bertz CT molecular complexity index is 862. The van der Waals surface area contributed by atoms with Crippen LogP contribution in [0.15, 0.2) is 65.7 Å². The van der Waals surface area contributed by atoms with Crippen LogP contribution >= 0.6 is 0 Å². The Hall–Kier alpha value is -2.95. The number of aliphatic imine (C=N–C) groups is 1. The fourth-order valence-electron chi connectivity index (χ4n) is 4.15. The summed E-state index contributed by atoms with van der Waals surface area (Å²) in [6.07, 6.45) is 16.7. The molecule has 164 valence electrons. The molecule has 3 rings (SSSR count). The van der Waals surface area contributed by atoms with Crippen molar-refractivity contribution >= 4 is 23.2 Å². The van der Waals surface area contributed by atoms with Gasteiger partial charge in [-0.25, -0.2) is 0 Å². The molecule has 1 fully saturated rings. The zero-order valence-corrected chi connectivity index (χ0v) is 18.2. The number of carbonyl (C=O) groups is 2. The maximum absolute atomic E-state index is 12.5. The Morgan fingerprint density at radius 1 is 1.03 bits per heavy atom. The summed E-state index contributed by atoms with van der Waals surface area (Å²) in [5.41, 5.74) is 8.40. The lowest BCUT2D eigenvalue weighted by atomic mass is 9.89. The van der Waals surface area contributed by atoms with Crippen molar-refractivity contribution in [3.8, 4) is 0 Å². The van der Waals surface area contributed by atoms with Gasteiger partial charge in [0.1, 0.15) is 5.84 Å². The molecule has 5 nitrogen and oxygen atoms in total. The maximum atomic E-state index is 12.5.